The molecule has 148 valence electrons. The van der Waals surface area contributed by atoms with E-state index in [9.17, 15) is 4.79 Å². The molecular weight excluding hydrogens is 370 g/mol. The van der Waals surface area contributed by atoms with Gasteiger partial charge in [0.25, 0.3) is 0 Å². The Kier molecular flexibility index (Phi) is 4.15. The minimum absolute atomic E-state index is 0.0782. The van der Waals surface area contributed by atoms with Gasteiger partial charge in [0.1, 0.15) is 30.6 Å². The Morgan fingerprint density at radius 1 is 1.28 bits per heavy atom. The van der Waals surface area contributed by atoms with Gasteiger partial charge in [-0.2, -0.15) is 5.10 Å². The number of aromatic nitrogens is 5. The van der Waals surface area contributed by atoms with Crippen LogP contribution in [0.5, 0.6) is 5.75 Å². The maximum absolute atomic E-state index is 11.4. The number of H-pyrrole nitrogens is 1. The molecular formula is C20H21N7O2. The normalized spacial score (nSPS) is 18.1. The number of nitrogens with one attached hydrogen (secondary N) is 1. The lowest BCUT2D eigenvalue weighted by atomic mass is 10.1. The van der Waals surface area contributed by atoms with Crippen LogP contribution in [0.2, 0.25) is 0 Å². The number of rotatable bonds is 3. The fourth-order valence-corrected chi connectivity index (χ4v) is 3.76. The van der Waals surface area contributed by atoms with Crippen molar-refractivity contribution in [3.05, 3.63) is 58.7 Å². The molecule has 1 unspecified atom stereocenters. The molecule has 9 heteroatoms. The molecule has 0 aromatic carbocycles. The van der Waals surface area contributed by atoms with Crippen LogP contribution in [0, 0.1) is 0 Å². The van der Waals surface area contributed by atoms with Crippen LogP contribution in [-0.2, 0) is 0 Å². The van der Waals surface area contributed by atoms with Gasteiger partial charge >= 0.3 is 0 Å². The summed E-state index contributed by atoms with van der Waals surface area (Å²) in [7, 11) is 0. The first-order valence-electron chi connectivity index (χ1n) is 9.64. The number of hydrogen-bond acceptors (Lipinski definition) is 7. The summed E-state index contributed by atoms with van der Waals surface area (Å²) in [6.45, 7) is 6.22. The number of hydrogen-bond donors (Lipinski definition) is 1. The van der Waals surface area contributed by atoms with Crippen molar-refractivity contribution in [1.82, 2.24) is 29.6 Å². The summed E-state index contributed by atoms with van der Waals surface area (Å²) in [5.41, 5.74) is 2.34. The van der Waals surface area contributed by atoms with Gasteiger partial charge in [-0.05, 0) is 26.0 Å². The van der Waals surface area contributed by atoms with E-state index in [0.29, 0.717) is 12.4 Å². The van der Waals surface area contributed by atoms with E-state index in [-0.39, 0.29) is 17.6 Å². The zero-order valence-corrected chi connectivity index (χ0v) is 16.2. The Bertz CT molecular complexity index is 1130. The molecule has 5 rings (SSSR count). The van der Waals surface area contributed by atoms with E-state index in [2.05, 4.69) is 38.8 Å². The molecule has 0 amide bonds. The monoisotopic (exact) mass is 391 g/mol. The van der Waals surface area contributed by atoms with Crippen LogP contribution in [0.15, 0.2) is 46.7 Å². The number of aromatic amines is 1. The topological polar surface area (TPSA) is 101 Å². The Balaban J connectivity index is 1.57. The van der Waals surface area contributed by atoms with Crippen LogP contribution < -0.4 is 10.3 Å². The highest BCUT2D eigenvalue weighted by molar-refractivity contribution is 6.03. The number of amidine groups is 1. The van der Waals surface area contributed by atoms with Gasteiger partial charge in [-0.3, -0.25) is 14.8 Å². The molecule has 0 saturated heterocycles. The van der Waals surface area contributed by atoms with Gasteiger partial charge < -0.3 is 14.6 Å². The molecule has 0 saturated carbocycles. The zero-order chi connectivity index (χ0) is 20.0. The lowest BCUT2D eigenvalue weighted by Gasteiger charge is -2.18. The molecule has 29 heavy (non-hydrogen) atoms. The van der Waals surface area contributed by atoms with E-state index >= 15 is 0 Å². The van der Waals surface area contributed by atoms with Gasteiger partial charge in [0, 0.05) is 30.4 Å². The molecule has 0 spiro atoms. The summed E-state index contributed by atoms with van der Waals surface area (Å²) < 4.78 is 7.83. The summed E-state index contributed by atoms with van der Waals surface area (Å²) >= 11 is 0. The smallest absolute Gasteiger partial charge is 0.247 e. The third-order valence-corrected chi connectivity index (χ3v) is 5.17. The molecule has 3 aromatic heterocycles. The third kappa shape index (κ3) is 3.08. The van der Waals surface area contributed by atoms with Crippen molar-refractivity contribution < 1.29 is 4.74 Å². The van der Waals surface area contributed by atoms with Crippen molar-refractivity contribution >= 4 is 5.84 Å². The van der Waals surface area contributed by atoms with E-state index in [1.807, 2.05) is 10.7 Å². The van der Waals surface area contributed by atoms with E-state index in [4.69, 9.17) is 9.73 Å². The van der Waals surface area contributed by atoms with Gasteiger partial charge in [0.15, 0.2) is 5.82 Å². The number of nitrogens with zero attached hydrogens (tertiary/aromatic N) is 6. The standard InChI is InChI=1S/C20H21N7O2/c1-12(2)27-20(23-11-24-27)16-10-26-5-6-29-17-9-21-15(7-14(17)19(26)25-16)13-3-4-18(28)22-8-13/h3-4,7-9,11-12,16H,5-6,10H2,1-2H3,(H,22,28). The molecule has 5 heterocycles. The number of pyridine rings is 2. The zero-order valence-electron chi connectivity index (χ0n) is 16.2. The summed E-state index contributed by atoms with van der Waals surface area (Å²) in [4.78, 5) is 30.3. The van der Waals surface area contributed by atoms with Crippen LogP contribution in [0.1, 0.15) is 37.3 Å². The van der Waals surface area contributed by atoms with Gasteiger partial charge in [-0.15, -0.1) is 0 Å². The molecule has 3 aromatic rings. The highest BCUT2D eigenvalue weighted by atomic mass is 16.5. The largest absolute Gasteiger partial charge is 0.489 e. The molecule has 9 nitrogen and oxygen atoms in total. The Morgan fingerprint density at radius 3 is 2.97 bits per heavy atom. The second kappa shape index (κ2) is 6.84. The number of aliphatic imine (C=N–C) groups is 1. The predicted octanol–water partition coefficient (Wildman–Crippen LogP) is 1.81. The average Bonchev–Trinajstić information content (AvgIpc) is 3.33. The Labute approximate surface area is 167 Å². The maximum Gasteiger partial charge on any atom is 0.247 e. The molecule has 0 radical (unpaired) electrons. The molecule has 0 bridgehead atoms. The summed E-state index contributed by atoms with van der Waals surface area (Å²) in [5.74, 6) is 2.47. The first-order valence-corrected chi connectivity index (χ1v) is 9.64. The van der Waals surface area contributed by atoms with Crippen LogP contribution in [-0.4, -0.2) is 55.2 Å². The number of ether oxygens (including phenoxy) is 1. The average molecular weight is 391 g/mol. The van der Waals surface area contributed by atoms with Crippen molar-refractivity contribution in [3.63, 3.8) is 0 Å². The second-order valence-electron chi connectivity index (χ2n) is 7.43. The van der Waals surface area contributed by atoms with Crippen molar-refractivity contribution in [2.24, 2.45) is 4.99 Å². The predicted molar refractivity (Wildman–Crippen MR) is 107 cm³/mol. The molecule has 0 aliphatic carbocycles. The fraction of sp³-hybridized carbons (Fsp3) is 0.350. The molecule has 2 aliphatic rings. The summed E-state index contributed by atoms with van der Waals surface area (Å²) in [6, 6.07) is 5.36. The highest BCUT2D eigenvalue weighted by Crippen LogP contribution is 2.33. The van der Waals surface area contributed by atoms with E-state index in [1.165, 1.54) is 6.07 Å². The SMILES string of the molecule is CC(C)n1ncnc1C1CN2CCOc3cnc(-c4ccc(=O)[nH]c4)cc3C2=N1. The minimum Gasteiger partial charge on any atom is -0.489 e. The quantitative estimate of drug-likeness (QED) is 0.731. The van der Waals surface area contributed by atoms with Gasteiger partial charge in [0.05, 0.1) is 24.0 Å². The highest BCUT2D eigenvalue weighted by Gasteiger charge is 2.33. The van der Waals surface area contributed by atoms with E-state index in [1.54, 1.807) is 24.8 Å². The van der Waals surface area contributed by atoms with Crippen LogP contribution in [0.25, 0.3) is 11.3 Å². The van der Waals surface area contributed by atoms with Crippen molar-refractivity contribution in [2.45, 2.75) is 25.9 Å². The van der Waals surface area contributed by atoms with Crippen LogP contribution in [0.3, 0.4) is 0 Å². The lowest BCUT2D eigenvalue weighted by Crippen LogP contribution is -2.30. The Hall–Kier alpha value is -3.49. The molecule has 1 atom stereocenters. The third-order valence-electron chi connectivity index (χ3n) is 5.17. The van der Waals surface area contributed by atoms with E-state index in [0.717, 1.165) is 41.6 Å². The van der Waals surface area contributed by atoms with Crippen LogP contribution in [0.4, 0.5) is 0 Å². The van der Waals surface area contributed by atoms with Crippen molar-refractivity contribution in [1.29, 1.82) is 0 Å². The van der Waals surface area contributed by atoms with E-state index < -0.39 is 0 Å². The summed E-state index contributed by atoms with van der Waals surface area (Å²) in [5, 5.41) is 4.36. The first-order chi connectivity index (χ1) is 14.1. The van der Waals surface area contributed by atoms with Gasteiger partial charge in [-0.1, -0.05) is 0 Å². The summed E-state index contributed by atoms with van der Waals surface area (Å²) in [6.07, 6.45) is 4.98. The lowest BCUT2D eigenvalue weighted by molar-refractivity contribution is 0.279. The van der Waals surface area contributed by atoms with Crippen LogP contribution >= 0.6 is 0 Å². The minimum atomic E-state index is -0.143. The molecule has 2 aliphatic heterocycles. The Morgan fingerprint density at radius 2 is 2.17 bits per heavy atom. The number of fused-ring (bicyclic) bond motifs is 3. The van der Waals surface area contributed by atoms with Crippen molar-refractivity contribution in [3.8, 4) is 17.0 Å². The fourth-order valence-electron chi connectivity index (χ4n) is 3.76. The molecule has 0 fully saturated rings. The first kappa shape index (κ1) is 17.6. The maximum atomic E-state index is 11.4. The van der Waals surface area contributed by atoms with Crippen molar-refractivity contribution in [2.75, 3.05) is 19.7 Å². The second-order valence-corrected chi connectivity index (χ2v) is 7.43. The van der Waals surface area contributed by atoms with Gasteiger partial charge in [0.2, 0.25) is 5.56 Å². The van der Waals surface area contributed by atoms with Gasteiger partial charge in [-0.25, -0.2) is 9.67 Å². The molecule has 1 N–H and O–H groups in total.